The standard InChI is InChI=1S/C20H16ClF2N3O/c1-11-14(15-9-13(21)10-16(22)19(15)24-11)6-7-26(23)20(27)18-8-12-4-2-3-5-17(12)25-18/h2-5,8-10,24-25H,6-7H2,1H3. The zero-order valence-electron chi connectivity index (χ0n) is 14.4. The maximum atomic E-state index is 14.4. The molecule has 2 heterocycles. The van der Waals surface area contributed by atoms with Crippen molar-refractivity contribution in [2.75, 3.05) is 6.54 Å². The fourth-order valence-corrected chi connectivity index (χ4v) is 3.56. The summed E-state index contributed by atoms with van der Waals surface area (Å²) in [5.41, 5.74) is 2.74. The number of hydrogen-bond acceptors (Lipinski definition) is 1. The van der Waals surface area contributed by atoms with Crippen LogP contribution in [0.2, 0.25) is 5.02 Å². The number of aromatic amines is 2. The van der Waals surface area contributed by atoms with Crippen LogP contribution in [0.1, 0.15) is 21.7 Å². The number of nitrogens with zero attached hydrogens (tertiary/aromatic N) is 1. The van der Waals surface area contributed by atoms with Crippen molar-refractivity contribution in [3.05, 3.63) is 70.3 Å². The lowest BCUT2D eigenvalue weighted by Crippen LogP contribution is -2.25. The fraction of sp³-hybridized carbons (Fsp3) is 0.150. The van der Waals surface area contributed by atoms with Crippen LogP contribution in [0.25, 0.3) is 21.8 Å². The Morgan fingerprint density at radius 3 is 2.74 bits per heavy atom. The number of H-pyrrole nitrogens is 2. The molecule has 0 aliphatic rings. The molecule has 0 saturated carbocycles. The van der Waals surface area contributed by atoms with Gasteiger partial charge in [-0.05, 0) is 43.2 Å². The van der Waals surface area contributed by atoms with Gasteiger partial charge in [-0.2, -0.15) is 5.12 Å². The molecule has 0 aliphatic carbocycles. The van der Waals surface area contributed by atoms with Gasteiger partial charge in [-0.1, -0.05) is 34.3 Å². The highest BCUT2D eigenvalue weighted by atomic mass is 35.5. The number of aryl methyl sites for hydroxylation is 1. The number of carbonyl (C=O) groups is 1. The molecule has 0 unspecified atom stereocenters. The molecule has 4 aromatic rings. The Hall–Kier alpha value is -2.86. The molecule has 27 heavy (non-hydrogen) atoms. The van der Waals surface area contributed by atoms with Gasteiger partial charge < -0.3 is 9.97 Å². The van der Waals surface area contributed by atoms with E-state index in [1.54, 1.807) is 19.1 Å². The van der Waals surface area contributed by atoms with Crippen LogP contribution in [-0.4, -0.2) is 27.5 Å². The Labute approximate surface area is 158 Å². The molecule has 0 spiro atoms. The number of hydrogen-bond donors (Lipinski definition) is 2. The molecule has 0 atom stereocenters. The van der Waals surface area contributed by atoms with Crippen LogP contribution in [0.5, 0.6) is 0 Å². The number of aromatic nitrogens is 2. The molecule has 2 aromatic heterocycles. The molecule has 1 amide bonds. The van der Waals surface area contributed by atoms with Gasteiger partial charge in [0.15, 0.2) is 0 Å². The SMILES string of the molecule is Cc1[nH]c2c(F)cc(Cl)cc2c1CCN(F)C(=O)c1cc2ccccc2[nH]1. The van der Waals surface area contributed by atoms with E-state index in [9.17, 15) is 13.7 Å². The van der Waals surface area contributed by atoms with Crippen LogP contribution in [0.3, 0.4) is 0 Å². The van der Waals surface area contributed by atoms with E-state index >= 15 is 0 Å². The lowest BCUT2D eigenvalue weighted by Gasteiger charge is -2.11. The molecule has 138 valence electrons. The Kier molecular flexibility index (Phi) is 4.36. The van der Waals surface area contributed by atoms with E-state index in [0.717, 1.165) is 22.2 Å². The first kappa shape index (κ1) is 17.5. The van der Waals surface area contributed by atoms with Crippen LogP contribution >= 0.6 is 11.6 Å². The van der Waals surface area contributed by atoms with E-state index in [4.69, 9.17) is 11.6 Å². The number of para-hydroxylation sites is 1. The van der Waals surface area contributed by atoms with E-state index in [-0.39, 0.29) is 28.8 Å². The number of fused-ring (bicyclic) bond motifs is 2. The summed E-state index contributed by atoms with van der Waals surface area (Å²) in [5.74, 6) is -1.20. The lowest BCUT2D eigenvalue weighted by atomic mass is 10.1. The zero-order valence-corrected chi connectivity index (χ0v) is 15.2. The van der Waals surface area contributed by atoms with Crippen LogP contribution in [0.15, 0.2) is 42.5 Å². The second-order valence-electron chi connectivity index (χ2n) is 6.45. The highest BCUT2D eigenvalue weighted by Crippen LogP contribution is 2.28. The number of amides is 1. The number of carbonyl (C=O) groups excluding carboxylic acids is 1. The summed E-state index contributed by atoms with van der Waals surface area (Å²) in [6.07, 6.45) is 0.230. The van der Waals surface area contributed by atoms with Gasteiger partial charge in [0.1, 0.15) is 11.5 Å². The normalized spacial score (nSPS) is 11.4. The van der Waals surface area contributed by atoms with Gasteiger partial charge in [0.25, 0.3) is 5.91 Å². The first-order chi connectivity index (χ1) is 12.9. The number of rotatable bonds is 4. The van der Waals surface area contributed by atoms with Crippen LogP contribution in [-0.2, 0) is 6.42 Å². The van der Waals surface area contributed by atoms with Crippen molar-refractivity contribution in [1.29, 1.82) is 0 Å². The number of nitrogens with one attached hydrogen (secondary N) is 2. The zero-order chi connectivity index (χ0) is 19.1. The highest BCUT2D eigenvalue weighted by molar-refractivity contribution is 6.31. The largest absolute Gasteiger partial charge is 0.356 e. The van der Waals surface area contributed by atoms with Crippen LogP contribution in [0.4, 0.5) is 8.87 Å². The first-order valence-electron chi connectivity index (χ1n) is 8.45. The van der Waals surface area contributed by atoms with Crippen molar-refractivity contribution < 1.29 is 13.7 Å². The van der Waals surface area contributed by atoms with E-state index in [2.05, 4.69) is 9.97 Å². The summed E-state index contributed by atoms with van der Waals surface area (Å²) >= 11 is 5.94. The quantitative estimate of drug-likeness (QED) is 0.457. The molecule has 7 heteroatoms. The highest BCUT2D eigenvalue weighted by Gasteiger charge is 2.20. The monoisotopic (exact) mass is 387 g/mol. The summed E-state index contributed by atoms with van der Waals surface area (Å²) in [6, 6.07) is 11.8. The molecule has 2 aromatic carbocycles. The van der Waals surface area contributed by atoms with Gasteiger partial charge >= 0.3 is 0 Å². The minimum Gasteiger partial charge on any atom is -0.356 e. The molecule has 0 fully saturated rings. The van der Waals surface area contributed by atoms with Gasteiger partial charge in [-0.3, -0.25) is 4.79 Å². The molecule has 0 saturated heterocycles. The number of benzene rings is 2. The number of halogens is 3. The van der Waals surface area contributed by atoms with Crippen molar-refractivity contribution in [1.82, 2.24) is 15.1 Å². The van der Waals surface area contributed by atoms with Crippen LogP contribution in [0, 0.1) is 12.7 Å². The van der Waals surface area contributed by atoms with E-state index < -0.39 is 11.7 Å². The average molecular weight is 388 g/mol. The smallest absolute Gasteiger partial charge is 0.297 e. The Bertz CT molecular complexity index is 1130. The van der Waals surface area contributed by atoms with Crippen molar-refractivity contribution in [3.63, 3.8) is 0 Å². The maximum Gasteiger partial charge on any atom is 0.297 e. The van der Waals surface area contributed by atoms with E-state index in [1.807, 2.05) is 24.3 Å². The van der Waals surface area contributed by atoms with Gasteiger partial charge in [0, 0.05) is 27.0 Å². The summed E-state index contributed by atoms with van der Waals surface area (Å²) < 4.78 is 28.5. The summed E-state index contributed by atoms with van der Waals surface area (Å²) in [5, 5.41) is 1.88. The van der Waals surface area contributed by atoms with Crippen molar-refractivity contribution in [2.45, 2.75) is 13.3 Å². The third kappa shape index (κ3) is 3.17. The Balaban J connectivity index is 1.55. The molecule has 4 rings (SSSR count). The van der Waals surface area contributed by atoms with Crippen molar-refractivity contribution >= 4 is 39.3 Å². The molecule has 0 aliphatic heterocycles. The maximum absolute atomic E-state index is 14.4. The van der Waals surface area contributed by atoms with E-state index in [0.29, 0.717) is 10.9 Å². The van der Waals surface area contributed by atoms with E-state index in [1.165, 1.54) is 6.07 Å². The van der Waals surface area contributed by atoms with Gasteiger partial charge in [-0.25, -0.2) is 4.39 Å². The molecule has 0 radical (unpaired) electrons. The van der Waals surface area contributed by atoms with Crippen molar-refractivity contribution in [3.8, 4) is 0 Å². The third-order valence-electron chi connectivity index (χ3n) is 4.68. The molecular formula is C20H16ClF2N3O. The second-order valence-corrected chi connectivity index (χ2v) is 6.89. The topological polar surface area (TPSA) is 51.9 Å². The van der Waals surface area contributed by atoms with Gasteiger partial charge in [-0.15, -0.1) is 0 Å². The first-order valence-corrected chi connectivity index (χ1v) is 8.83. The Morgan fingerprint density at radius 2 is 1.96 bits per heavy atom. The lowest BCUT2D eigenvalue weighted by molar-refractivity contribution is 0.0198. The molecule has 0 bridgehead atoms. The second kappa shape index (κ2) is 6.70. The average Bonchev–Trinajstić information content (AvgIpc) is 3.20. The van der Waals surface area contributed by atoms with Gasteiger partial charge in [0.2, 0.25) is 0 Å². The Morgan fingerprint density at radius 1 is 1.19 bits per heavy atom. The summed E-state index contributed by atoms with van der Waals surface area (Å²) in [7, 11) is 0. The predicted octanol–water partition coefficient (Wildman–Crippen LogP) is 5.32. The summed E-state index contributed by atoms with van der Waals surface area (Å²) in [4.78, 5) is 18.2. The predicted molar refractivity (Wildman–Crippen MR) is 102 cm³/mol. The minimum absolute atomic E-state index is 0.157. The minimum atomic E-state index is -0.743. The fourth-order valence-electron chi connectivity index (χ4n) is 3.36. The summed E-state index contributed by atoms with van der Waals surface area (Å²) in [6.45, 7) is 1.63. The molecular weight excluding hydrogens is 372 g/mol. The van der Waals surface area contributed by atoms with Crippen LogP contribution < -0.4 is 0 Å². The third-order valence-corrected chi connectivity index (χ3v) is 4.90. The van der Waals surface area contributed by atoms with Gasteiger partial charge in [0.05, 0.1) is 12.1 Å². The molecule has 2 N–H and O–H groups in total. The molecule has 4 nitrogen and oxygen atoms in total. The van der Waals surface area contributed by atoms with Crippen molar-refractivity contribution in [2.24, 2.45) is 0 Å².